The number of carbonyl (C=O) groups excluding carboxylic acids is 1. The SMILES string of the molecule is C=CCOC(=O)/C=C/c1cccc(OCc2ccc(F)cc2)c1. The number of benzene rings is 2. The van der Waals surface area contributed by atoms with E-state index in [0.717, 1.165) is 11.1 Å². The van der Waals surface area contributed by atoms with Crippen molar-refractivity contribution in [2.45, 2.75) is 6.61 Å². The van der Waals surface area contributed by atoms with Gasteiger partial charge in [-0.2, -0.15) is 0 Å². The first-order valence-corrected chi connectivity index (χ1v) is 7.10. The Balaban J connectivity index is 1.93. The molecule has 0 saturated carbocycles. The van der Waals surface area contributed by atoms with Crippen molar-refractivity contribution in [1.82, 2.24) is 0 Å². The van der Waals surface area contributed by atoms with Crippen LogP contribution >= 0.6 is 0 Å². The Morgan fingerprint density at radius 3 is 2.70 bits per heavy atom. The van der Waals surface area contributed by atoms with Crippen LogP contribution in [0.2, 0.25) is 0 Å². The smallest absolute Gasteiger partial charge is 0.331 e. The van der Waals surface area contributed by atoms with Crippen LogP contribution < -0.4 is 4.74 Å². The molecule has 23 heavy (non-hydrogen) atoms. The summed E-state index contributed by atoms with van der Waals surface area (Å²) in [5.41, 5.74) is 1.69. The number of carbonyl (C=O) groups is 1. The first-order chi connectivity index (χ1) is 11.2. The van der Waals surface area contributed by atoms with Crippen LogP contribution in [0.5, 0.6) is 5.75 Å². The lowest BCUT2D eigenvalue weighted by Gasteiger charge is -2.07. The molecule has 0 unspecified atom stereocenters. The summed E-state index contributed by atoms with van der Waals surface area (Å²) in [4.78, 5) is 11.4. The van der Waals surface area contributed by atoms with E-state index in [4.69, 9.17) is 9.47 Å². The molecule has 4 heteroatoms. The van der Waals surface area contributed by atoms with Crippen molar-refractivity contribution in [2.75, 3.05) is 6.61 Å². The van der Waals surface area contributed by atoms with Crippen LogP contribution in [0.3, 0.4) is 0 Å². The van der Waals surface area contributed by atoms with Crippen molar-refractivity contribution in [2.24, 2.45) is 0 Å². The molecule has 0 fully saturated rings. The summed E-state index contributed by atoms with van der Waals surface area (Å²) in [6.07, 6.45) is 4.51. The fourth-order valence-electron chi connectivity index (χ4n) is 1.81. The van der Waals surface area contributed by atoms with Gasteiger partial charge in [-0.15, -0.1) is 0 Å². The molecule has 0 radical (unpaired) electrons. The van der Waals surface area contributed by atoms with Crippen LogP contribution in [0, 0.1) is 5.82 Å². The quantitative estimate of drug-likeness (QED) is 0.438. The Bertz CT molecular complexity index is 690. The third kappa shape index (κ3) is 5.79. The van der Waals surface area contributed by atoms with E-state index in [9.17, 15) is 9.18 Å². The summed E-state index contributed by atoms with van der Waals surface area (Å²) in [5, 5.41) is 0. The fraction of sp³-hybridized carbons (Fsp3) is 0.105. The molecule has 0 aliphatic heterocycles. The summed E-state index contributed by atoms with van der Waals surface area (Å²) in [6, 6.07) is 13.4. The Kier molecular flexibility index (Phi) is 6.12. The lowest BCUT2D eigenvalue weighted by atomic mass is 10.2. The van der Waals surface area contributed by atoms with E-state index in [-0.39, 0.29) is 12.4 Å². The lowest BCUT2D eigenvalue weighted by molar-refractivity contribution is -0.136. The second-order valence-corrected chi connectivity index (χ2v) is 4.74. The zero-order chi connectivity index (χ0) is 16.5. The Morgan fingerprint density at radius 2 is 1.96 bits per heavy atom. The van der Waals surface area contributed by atoms with Gasteiger partial charge in [0, 0.05) is 6.08 Å². The maximum Gasteiger partial charge on any atom is 0.331 e. The van der Waals surface area contributed by atoms with Gasteiger partial charge in [0.1, 0.15) is 24.8 Å². The lowest BCUT2D eigenvalue weighted by Crippen LogP contribution is -1.99. The summed E-state index contributed by atoms with van der Waals surface area (Å²) >= 11 is 0. The van der Waals surface area contributed by atoms with Crippen LogP contribution in [0.15, 0.2) is 67.3 Å². The number of rotatable bonds is 7. The fourth-order valence-corrected chi connectivity index (χ4v) is 1.81. The van der Waals surface area contributed by atoms with Crippen molar-refractivity contribution >= 4 is 12.0 Å². The molecular weight excluding hydrogens is 295 g/mol. The van der Waals surface area contributed by atoms with E-state index in [2.05, 4.69) is 6.58 Å². The summed E-state index contributed by atoms with van der Waals surface area (Å²) < 4.78 is 23.3. The molecule has 0 spiro atoms. The highest BCUT2D eigenvalue weighted by molar-refractivity contribution is 5.87. The van der Waals surface area contributed by atoms with Gasteiger partial charge < -0.3 is 9.47 Å². The molecular formula is C19H17FO3. The van der Waals surface area contributed by atoms with Crippen LogP contribution in [0.1, 0.15) is 11.1 Å². The maximum absolute atomic E-state index is 12.8. The zero-order valence-corrected chi connectivity index (χ0v) is 12.6. The highest BCUT2D eigenvalue weighted by Crippen LogP contribution is 2.16. The minimum Gasteiger partial charge on any atom is -0.489 e. The molecule has 2 aromatic carbocycles. The van der Waals surface area contributed by atoms with E-state index in [1.165, 1.54) is 24.3 Å². The van der Waals surface area contributed by atoms with Gasteiger partial charge in [-0.05, 0) is 41.5 Å². The third-order valence-electron chi connectivity index (χ3n) is 2.93. The number of halogens is 1. The number of hydrogen-bond donors (Lipinski definition) is 0. The van der Waals surface area contributed by atoms with E-state index < -0.39 is 5.97 Å². The van der Waals surface area contributed by atoms with Crippen LogP contribution in [0.4, 0.5) is 4.39 Å². The average molecular weight is 312 g/mol. The Morgan fingerprint density at radius 1 is 1.17 bits per heavy atom. The predicted molar refractivity (Wildman–Crippen MR) is 87.4 cm³/mol. The summed E-state index contributed by atoms with van der Waals surface area (Å²) in [6.45, 7) is 4.00. The van der Waals surface area contributed by atoms with Crippen LogP contribution in [0.25, 0.3) is 6.08 Å². The number of ether oxygens (including phenoxy) is 2. The standard InChI is InChI=1S/C19H17FO3/c1-2-12-22-19(21)11-8-15-4-3-5-18(13-15)23-14-16-6-9-17(20)10-7-16/h2-11,13H,1,12,14H2/b11-8+. The summed E-state index contributed by atoms with van der Waals surface area (Å²) in [5.74, 6) is -0.0392. The molecule has 3 nitrogen and oxygen atoms in total. The largest absolute Gasteiger partial charge is 0.489 e. The van der Waals surface area contributed by atoms with Gasteiger partial charge in [-0.1, -0.05) is 36.9 Å². The molecule has 2 rings (SSSR count). The molecule has 0 aromatic heterocycles. The Labute approximate surface area is 134 Å². The first kappa shape index (κ1) is 16.5. The molecule has 0 heterocycles. The van der Waals surface area contributed by atoms with Crippen molar-refractivity contribution in [1.29, 1.82) is 0 Å². The molecule has 0 aliphatic rings. The monoisotopic (exact) mass is 312 g/mol. The zero-order valence-electron chi connectivity index (χ0n) is 12.6. The van der Waals surface area contributed by atoms with Crippen LogP contribution in [-0.2, 0) is 16.1 Å². The second kappa shape index (κ2) is 8.54. The van der Waals surface area contributed by atoms with Crippen LogP contribution in [-0.4, -0.2) is 12.6 Å². The topological polar surface area (TPSA) is 35.5 Å². The molecule has 0 amide bonds. The van der Waals surface area contributed by atoms with E-state index in [1.807, 2.05) is 18.2 Å². The van der Waals surface area contributed by atoms with E-state index in [1.54, 1.807) is 24.3 Å². The normalized spacial score (nSPS) is 10.5. The van der Waals surface area contributed by atoms with Gasteiger partial charge in [0.05, 0.1) is 0 Å². The van der Waals surface area contributed by atoms with Gasteiger partial charge in [0.2, 0.25) is 0 Å². The number of esters is 1. The number of hydrogen-bond acceptors (Lipinski definition) is 3. The summed E-state index contributed by atoms with van der Waals surface area (Å²) in [7, 11) is 0. The molecule has 118 valence electrons. The Hall–Kier alpha value is -2.88. The molecule has 2 aromatic rings. The molecule has 0 saturated heterocycles. The van der Waals surface area contributed by atoms with Gasteiger partial charge in [0.15, 0.2) is 0 Å². The highest BCUT2D eigenvalue weighted by Gasteiger charge is 1.99. The molecule has 0 bridgehead atoms. The van der Waals surface area contributed by atoms with E-state index in [0.29, 0.717) is 12.4 Å². The minimum absolute atomic E-state index is 0.185. The first-order valence-electron chi connectivity index (χ1n) is 7.10. The van der Waals surface area contributed by atoms with Gasteiger partial charge in [0.25, 0.3) is 0 Å². The highest BCUT2D eigenvalue weighted by atomic mass is 19.1. The molecule has 0 N–H and O–H groups in total. The maximum atomic E-state index is 12.8. The predicted octanol–water partition coefficient (Wildman–Crippen LogP) is 4.15. The van der Waals surface area contributed by atoms with Gasteiger partial charge in [-0.25, -0.2) is 9.18 Å². The van der Waals surface area contributed by atoms with Crippen molar-refractivity contribution in [3.63, 3.8) is 0 Å². The third-order valence-corrected chi connectivity index (χ3v) is 2.93. The van der Waals surface area contributed by atoms with Gasteiger partial charge in [-0.3, -0.25) is 0 Å². The van der Waals surface area contributed by atoms with Crippen molar-refractivity contribution in [3.8, 4) is 5.75 Å². The average Bonchev–Trinajstić information content (AvgIpc) is 2.58. The molecule has 0 atom stereocenters. The van der Waals surface area contributed by atoms with Gasteiger partial charge >= 0.3 is 5.97 Å². The van der Waals surface area contributed by atoms with E-state index >= 15 is 0 Å². The molecule has 0 aliphatic carbocycles. The van der Waals surface area contributed by atoms with Crippen molar-refractivity contribution in [3.05, 3.63) is 84.2 Å². The minimum atomic E-state index is -0.428. The van der Waals surface area contributed by atoms with Crippen molar-refractivity contribution < 1.29 is 18.7 Å². The second-order valence-electron chi connectivity index (χ2n) is 4.74.